The van der Waals surface area contributed by atoms with E-state index in [-0.39, 0.29) is 49.5 Å². The minimum absolute atomic E-state index is 0.0471. The number of esters is 1. The zero-order valence-corrected chi connectivity index (χ0v) is 22.8. The number of hydrogen-bond donors (Lipinski definition) is 0. The van der Waals surface area contributed by atoms with Gasteiger partial charge in [0.1, 0.15) is 11.8 Å². The Bertz CT molecular complexity index is 1710. The molecule has 202 valence electrons. The van der Waals surface area contributed by atoms with Crippen molar-refractivity contribution in [1.82, 2.24) is 4.57 Å². The van der Waals surface area contributed by atoms with Gasteiger partial charge in [0.15, 0.2) is 17.1 Å². The summed E-state index contributed by atoms with van der Waals surface area (Å²) >= 11 is 19.0. The van der Waals surface area contributed by atoms with Crippen molar-refractivity contribution in [2.75, 3.05) is 13.2 Å². The van der Waals surface area contributed by atoms with Crippen molar-refractivity contribution in [3.63, 3.8) is 0 Å². The Morgan fingerprint density at radius 3 is 2.51 bits per heavy atom. The maximum absolute atomic E-state index is 14.2. The van der Waals surface area contributed by atoms with E-state index in [9.17, 15) is 22.8 Å². The molecular formula is C25H15Cl3F3N3O4S. The van der Waals surface area contributed by atoms with Gasteiger partial charge in [-0.1, -0.05) is 58.3 Å². The number of rotatable bonds is 6. The van der Waals surface area contributed by atoms with Crippen LogP contribution in [0.1, 0.15) is 24.1 Å². The Labute approximate surface area is 237 Å². The molecule has 0 saturated heterocycles. The van der Waals surface area contributed by atoms with Gasteiger partial charge in [0.2, 0.25) is 0 Å². The van der Waals surface area contributed by atoms with Crippen molar-refractivity contribution in [2.24, 2.45) is 4.99 Å². The fourth-order valence-corrected chi connectivity index (χ4v) is 5.57. The number of nitrogens with zero attached hydrogens (tertiary/aromatic N) is 3. The predicted molar refractivity (Wildman–Crippen MR) is 140 cm³/mol. The van der Waals surface area contributed by atoms with Gasteiger partial charge in [-0.25, -0.2) is 9.79 Å². The van der Waals surface area contributed by atoms with Gasteiger partial charge in [-0.05, 0) is 42.8 Å². The summed E-state index contributed by atoms with van der Waals surface area (Å²) in [4.78, 5) is 30.0. The molecule has 1 aromatic heterocycles. The number of aromatic nitrogens is 1. The summed E-state index contributed by atoms with van der Waals surface area (Å²) in [5.41, 5.74) is -2.68. The van der Waals surface area contributed by atoms with Crippen LogP contribution < -0.4 is 19.6 Å². The molecule has 0 radical (unpaired) electrons. The second kappa shape index (κ2) is 11.4. The van der Waals surface area contributed by atoms with E-state index in [1.807, 2.05) is 0 Å². The maximum atomic E-state index is 14.2. The van der Waals surface area contributed by atoms with Crippen LogP contribution in [0.5, 0.6) is 5.75 Å². The van der Waals surface area contributed by atoms with Crippen molar-refractivity contribution >= 4 is 58.2 Å². The molecule has 0 amide bonds. The molecule has 1 aliphatic heterocycles. The Morgan fingerprint density at radius 2 is 1.90 bits per heavy atom. The highest BCUT2D eigenvalue weighted by Crippen LogP contribution is 2.38. The van der Waals surface area contributed by atoms with Crippen molar-refractivity contribution in [1.29, 1.82) is 5.26 Å². The van der Waals surface area contributed by atoms with Crippen LogP contribution in [0.25, 0.3) is 6.08 Å². The van der Waals surface area contributed by atoms with Gasteiger partial charge in [0, 0.05) is 15.6 Å². The van der Waals surface area contributed by atoms with Gasteiger partial charge >= 0.3 is 12.1 Å². The summed E-state index contributed by atoms with van der Waals surface area (Å²) in [6, 6.07) is 8.74. The number of nitriles is 1. The monoisotopic (exact) mass is 615 g/mol. The van der Waals surface area contributed by atoms with Gasteiger partial charge in [0.05, 0.1) is 27.8 Å². The molecule has 0 fully saturated rings. The predicted octanol–water partition coefficient (Wildman–Crippen LogP) is 5.20. The third-order valence-electron chi connectivity index (χ3n) is 5.39. The van der Waals surface area contributed by atoms with Gasteiger partial charge in [-0.3, -0.25) is 9.36 Å². The third kappa shape index (κ3) is 5.84. The number of fused-ring (bicyclic) bond motifs is 1. The van der Waals surface area contributed by atoms with E-state index in [1.54, 1.807) is 6.07 Å². The lowest BCUT2D eigenvalue weighted by molar-refractivity contribution is -0.140. The number of halogens is 6. The molecule has 0 aliphatic carbocycles. The molecule has 0 spiro atoms. The molecule has 0 N–H and O–H groups in total. The summed E-state index contributed by atoms with van der Waals surface area (Å²) in [5.74, 6) is -1.22. The van der Waals surface area contributed by atoms with Gasteiger partial charge in [-0.15, -0.1) is 0 Å². The van der Waals surface area contributed by atoms with Crippen LogP contribution in [0.15, 0.2) is 57.5 Å². The molecule has 0 saturated carbocycles. The SMILES string of the molecule is CCOC(=O)C1=C(C(F)(F)F)N=c2s/c(=C\c3cc(Cl)cc(Cl)c3OCC#N)c(=O)n2[C@H]1c1ccc(Cl)cc1. The smallest absolute Gasteiger partial charge is 0.434 e. The summed E-state index contributed by atoms with van der Waals surface area (Å²) < 4.78 is 53.9. The molecule has 7 nitrogen and oxygen atoms in total. The number of ether oxygens (including phenoxy) is 2. The molecule has 2 heterocycles. The van der Waals surface area contributed by atoms with E-state index in [0.29, 0.717) is 16.4 Å². The summed E-state index contributed by atoms with van der Waals surface area (Å²) in [6.45, 7) is 0.879. The lowest BCUT2D eigenvalue weighted by Gasteiger charge is -2.26. The van der Waals surface area contributed by atoms with E-state index >= 15 is 0 Å². The number of carbonyl (C=O) groups is 1. The molecule has 1 aliphatic rings. The number of hydrogen-bond acceptors (Lipinski definition) is 7. The average Bonchev–Trinajstić information content (AvgIpc) is 3.17. The average molecular weight is 617 g/mol. The standard InChI is InChI=1S/C25H15Cl3F3N3O4S/c1-2-37-23(36)18-19(12-3-5-14(26)6-4-12)34-22(35)17(39-24(34)33-21(18)25(29,30)31)10-13-9-15(27)11-16(28)20(13)38-8-7-32/h3-6,9-11,19H,2,8H2,1H3/b17-10-/t19-/m0/s1. The quantitative estimate of drug-likeness (QED) is 0.355. The molecule has 1 atom stereocenters. The Hall–Kier alpha value is -3.30. The fourth-order valence-electron chi connectivity index (χ4n) is 3.89. The third-order valence-corrected chi connectivity index (χ3v) is 7.12. The Balaban J connectivity index is 2.05. The maximum Gasteiger partial charge on any atom is 0.434 e. The first-order valence-corrected chi connectivity index (χ1v) is 13.0. The second-order valence-electron chi connectivity index (χ2n) is 7.87. The number of carbonyl (C=O) groups excluding carboxylic acids is 1. The molecule has 0 unspecified atom stereocenters. The number of thiazole rings is 1. The molecular weight excluding hydrogens is 602 g/mol. The molecule has 2 aromatic carbocycles. The zero-order valence-electron chi connectivity index (χ0n) is 19.7. The van der Waals surface area contributed by atoms with E-state index in [0.717, 1.165) is 4.57 Å². The van der Waals surface area contributed by atoms with Crippen LogP contribution in [0, 0.1) is 11.3 Å². The van der Waals surface area contributed by atoms with Crippen molar-refractivity contribution < 1.29 is 27.4 Å². The van der Waals surface area contributed by atoms with Crippen LogP contribution in [0.4, 0.5) is 13.2 Å². The highest BCUT2D eigenvalue weighted by Gasteiger charge is 2.45. The number of allylic oxidation sites excluding steroid dienone is 1. The molecule has 39 heavy (non-hydrogen) atoms. The second-order valence-corrected chi connectivity index (χ2v) is 10.2. The lowest BCUT2D eigenvalue weighted by atomic mass is 9.95. The van der Waals surface area contributed by atoms with Crippen LogP contribution in [0.2, 0.25) is 15.1 Å². The van der Waals surface area contributed by atoms with E-state index in [4.69, 9.17) is 49.5 Å². The summed E-state index contributed by atoms with van der Waals surface area (Å²) in [6.07, 6.45) is -3.73. The van der Waals surface area contributed by atoms with Crippen molar-refractivity contribution in [2.45, 2.75) is 19.1 Å². The number of benzene rings is 2. The van der Waals surface area contributed by atoms with E-state index < -0.39 is 35.0 Å². The highest BCUT2D eigenvalue weighted by molar-refractivity contribution is 7.07. The first-order valence-electron chi connectivity index (χ1n) is 11.0. The minimum atomic E-state index is -5.04. The van der Waals surface area contributed by atoms with Gasteiger partial charge in [-0.2, -0.15) is 18.4 Å². The fraction of sp³-hybridized carbons (Fsp3) is 0.200. The summed E-state index contributed by atoms with van der Waals surface area (Å²) in [5, 5.41) is 9.44. The van der Waals surface area contributed by atoms with Crippen LogP contribution in [-0.4, -0.2) is 29.9 Å². The first kappa shape index (κ1) is 28.7. The number of alkyl halides is 3. The lowest BCUT2D eigenvalue weighted by Crippen LogP contribution is -2.41. The molecule has 3 aromatic rings. The Kier molecular flexibility index (Phi) is 8.42. The van der Waals surface area contributed by atoms with Gasteiger partial charge < -0.3 is 9.47 Å². The first-order chi connectivity index (χ1) is 18.5. The van der Waals surface area contributed by atoms with E-state index in [1.165, 1.54) is 49.4 Å². The largest absolute Gasteiger partial charge is 0.477 e. The minimum Gasteiger partial charge on any atom is -0.477 e. The zero-order chi connectivity index (χ0) is 28.5. The van der Waals surface area contributed by atoms with Crippen LogP contribution >= 0.6 is 46.1 Å². The normalized spacial score (nSPS) is 15.4. The van der Waals surface area contributed by atoms with Crippen molar-refractivity contribution in [3.05, 3.63) is 93.6 Å². The van der Waals surface area contributed by atoms with Crippen LogP contribution in [-0.2, 0) is 9.53 Å². The molecule has 4 rings (SSSR count). The van der Waals surface area contributed by atoms with E-state index in [2.05, 4.69) is 4.99 Å². The topological polar surface area (TPSA) is 93.7 Å². The Morgan fingerprint density at radius 1 is 1.21 bits per heavy atom. The van der Waals surface area contributed by atoms with Gasteiger partial charge in [0.25, 0.3) is 5.56 Å². The summed E-state index contributed by atoms with van der Waals surface area (Å²) in [7, 11) is 0. The highest BCUT2D eigenvalue weighted by atomic mass is 35.5. The van der Waals surface area contributed by atoms with Crippen molar-refractivity contribution in [3.8, 4) is 11.8 Å². The molecule has 0 bridgehead atoms. The van der Waals surface area contributed by atoms with Crippen LogP contribution in [0.3, 0.4) is 0 Å². The molecule has 14 heteroatoms.